The van der Waals surface area contributed by atoms with E-state index >= 15 is 0 Å². The van der Waals surface area contributed by atoms with Gasteiger partial charge in [0.2, 0.25) is 0 Å². The van der Waals surface area contributed by atoms with Gasteiger partial charge in [0.1, 0.15) is 17.3 Å². The fraction of sp³-hybridized carbons (Fsp3) is 0.200. The first-order valence-corrected chi connectivity index (χ1v) is 7.31. The Morgan fingerprint density at radius 1 is 1.25 bits per heavy atom. The van der Waals surface area contributed by atoms with E-state index in [1.165, 1.54) is 0 Å². The maximum absolute atomic E-state index is 5.90. The summed E-state index contributed by atoms with van der Waals surface area (Å²) in [6.45, 7) is 4.45. The number of aryl methyl sites for hydroxylation is 2. The highest BCUT2D eigenvalue weighted by Gasteiger charge is 2.08. The molecule has 0 fully saturated rings. The minimum Gasteiger partial charge on any atom is -0.488 e. The number of hydrogen-bond donors (Lipinski definition) is 1. The second-order valence-corrected chi connectivity index (χ2v) is 5.96. The summed E-state index contributed by atoms with van der Waals surface area (Å²) in [5.41, 5.74) is 9.59. The summed E-state index contributed by atoms with van der Waals surface area (Å²) < 4.78 is 6.84. The van der Waals surface area contributed by atoms with Gasteiger partial charge in [0.15, 0.2) is 0 Å². The highest BCUT2D eigenvalue weighted by molar-refractivity contribution is 9.10. The van der Waals surface area contributed by atoms with Crippen LogP contribution in [0.1, 0.15) is 22.3 Å². The van der Waals surface area contributed by atoms with E-state index in [1.807, 2.05) is 32.0 Å². The van der Waals surface area contributed by atoms with Crippen molar-refractivity contribution in [2.24, 2.45) is 5.73 Å². The SMILES string of the molecule is Cc1cc(C(N)=S)cc(C)c1OCc1cncc(Br)c1. The van der Waals surface area contributed by atoms with Crippen LogP contribution in [0.5, 0.6) is 5.75 Å². The first-order valence-electron chi connectivity index (χ1n) is 6.10. The molecule has 0 spiro atoms. The highest BCUT2D eigenvalue weighted by Crippen LogP contribution is 2.26. The number of thiocarbonyl (C=S) groups is 1. The van der Waals surface area contributed by atoms with Crippen LogP contribution in [0.2, 0.25) is 0 Å². The van der Waals surface area contributed by atoms with Gasteiger partial charge in [-0.2, -0.15) is 0 Å². The lowest BCUT2D eigenvalue weighted by Crippen LogP contribution is -2.10. The number of rotatable bonds is 4. The highest BCUT2D eigenvalue weighted by atomic mass is 79.9. The Labute approximate surface area is 132 Å². The third-order valence-electron chi connectivity index (χ3n) is 2.89. The Morgan fingerprint density at radius 3 is 2.45 bits per heavy atom. The van der Waals surface area contributed by atoms with Crippen molar-refractivity contribution in [3.05, 3.63) is 57.3 Å². The van der Waals surface area contributed by atoms with Crippen molar-refractivity contribution in [1.29, 1.82) is 0 Å². The lowest BCUT2D eigenvalue weighted by atomic mass is 10.1. The van der Waals surface area contributed by atoms with Crippen LogP contribution in [0.15, 0.2) is 35.1 Å². The second kappa shape index (κ2) is 6.33. The van der Waals surface area contributed by atoms with Crippen LogP contribution < -0.4 is 10.5 Å². The molecule has 0 aliphatic rings. The third kappa shape index (κ3) is 3.55. The lowest BCUT2D eigenvalue weighted by Gasteiger charge is -2.14. The molecule has 2 aromatic rings. The Balaban J connectivity index is 2.20. The molecular weight excluding hydrogens is 336 g/mol. The normalized spacial score (nSPS) is 10.3. The predicted molar refractivity (Wildman–Crippen MR) is 88.1 cm³/mol. The number of nitrogens with zero attached hydrogens (tertiary/aromatic N) is 1. The van der Waals surface area contributed by atoms with Gasteiger partial charge in [0.05, 0.1) is 0 Å². The van der Waals surface area contributed by atoms with E-state index in [4.69, 9.17) is 22.7 Å². The molecule has 1 aromatic heterocycles. The van der Waals surface area contributed by atoms with Crippen LogP contribution in [0.3, 0.4) is 0 Å². The molecule has 1 heterocycles. The lowest BCUT2D eigenvalue weighted by molar-refractivity contribution is 0.301. The Morgan fingerprint density at radius 2 is 1.90 bits per heavy atom. The van der Waals surface area contributed by atoms with Gasteiger partial charge < -0.3 is 10.5 Å². The maximum Gasteiger partial charge on any atom is 0.125 e. The number of pyridine rings is 1. The van der Waals surface area contributed by atoms with E-state index in [2.05, 4.69) is 20.9 Å². The minimum atomic E-state index is 0.402. The Bertz CT molecular complexity index is 635. The van der Waals surface area contributed by atoms with E-state index in [0.717, 1.165) is 32.5 Å². The molecule has 0 saturated heterocycles. The van der Waals surface area contributed by atoms with Gasteiger partial charge in [0, 0.05) is 28.0 Å². The van der Waals surface area contributed by atoms with E-state index in [-0.39, 0.29) is 0 Å². The second-order valence-electron chi connectivity index (χ2n) is 4.60. The van der Waals surface area contributed by atoms with Crippen LogP contribution >= 0.6 is 28.1 Å². The topological polar surface area (TPSA) is 48.1 Å². The van der Waals surface area contributed by atoms with Crippen molar-refractivity contribution in [2.75, 3.05) is 0 Å². The first-order chi connectivity index (χ1) is 9.47. The molecule has 20 heavy (non-hydrogen) atoms. The zero-order valence-electron chi connectivity index (χ0n) is 11.3. The zero-order valence-corrected chi connectivity index (χ0v) is 13.7. The summed E-state index contributed by atoms with van der Waals surface area (Å²) in [6, 6.07) is 5.88. The Hall–Kier alpha value is -1.46. The van der Waals surface area contributed by atoms with Crippen LogP contribution in [0.4, 0.5) is 0 Å². The van der Waals surface area contributed by atoms with Crippen molar-refractivity contribution in [3.8, 4) is 5.75 Å². The van der Waals surface area contributed by atoms with Crippen molar-refractivity contribution < 1.29 is 4.74 Å². The number of nitrogens with two attached hydrogens (primary N) is 1. The molecule has 0 aliphatic carbocycles. The number of ether oxygens (including phenoxy) is 1. The van der Waals surface area contributed by atoms with Gasteiger partial charge in [0.25, 0.3) is 0 Å². The minimum absolute atomic E-state index is 0.402. The summed E-state index contributed by atoms with van der Waals surface area (Å²) in [5, 5.41) is 0. The van der Waals surface area contributed by atoms with E-state index in [9.17, 15) is 0 Å². The molecule has 0 radical (unpaired) electrons. The van der Waals surface area contributed by atoms with E-state index in [0.29, 0.717) is 11.6 Å². The Kier molecular flexibility index (Phi) is 4.73. The third-order valence-corrected chi connectivity index (χ3v) is 3.56. The summed E-state index contributed by atoms with van der Waals surface area (Å²) in [7, 11) is 0. The average molecular weight is 351 g/mol. The molecule has 1 aromatic carbocycles. The summed E-state index contributed by atoms with van der Waals surface area (Å²) in [5.74, 6) is 0.866. The van der Waals surface area contributed by atoms with Crippen molar-refractivity contribution in [3.63, 3.8) is 0 Å². The van der Waals surface area contributed by atoms with Gasteiger partial charge in [-0.1, -0.05) is 12.2 Å². The molecule has 0 unspecified atom stereocenters. The summed E-state index contributed by atoms with van der Waals surface area (Å²) in [6.07, 6.45) is 3.54. The standard InChI is InChI=1S/C15H15BrN2OS/c1-9-3-12(15(17)20)4-10(2)14(9)19-8-11-5-13(16)7-18-6-11/h3-7H,8H2,1-2H3,(H2,17,20). The van der Waals surface area contributed by atoms with Crippen LogP contribution in [0, 0.1) is 13.8 Å². The molecule has 3 nitrogen and oxygen atoms in total. The van der Waals surface area contributed by atoms with Crippen LogP contribution in [-0.4, -0.2) is 9.97 Å². The monoisotopic (exact) mass is 350 g/mol. The van der Waals surface area contributed by atoms with Crippen LogP contribution in [-0.2, 0) is 6.61 Å². The fourth-order valence-electron chi connectivity index (χ4n) is 2.01. The molecular formula is C15H15BrN2OS. The van der Waals surface area contributed by atoms with Crippen molar-refractivity contribution in [1.82, 2.24) is 4.98 Å². The van der Waals surface area contributed by atoms with Gasteiger partial charge in [-0.05, 0) is 59.1 Å². The molecule has 2 rings (SSSR count). The molecule has 0 bridgehead atoms. The molecule has 0 aliphatic heterocycles. The summed E-state index contributed by atoms with van der Waals surface area (Å²) in [4.78, 5) is 4.52. The van der Waals surface area contributed by atoms with Crippen LogP contribution in [0.25, 0.3) is 0 Å². The average Bonchev–Trinajstić information content (AvgIpc) is 2.37. The largest absolute Gasteiger partial charge is 0.488 e. The van der Waals surface area contributed by atoms with E-state index in [1.54, 1.807) is 12.4 Å². The first kappa shape index (κ1) is 14.9. The number of benzene rings is 1. The smallest absolute Gasteiger partial charge is 0.125 e. The molecule has 0 atom stereocenters. The number of aromatic nitrogens is 1. The molecule has 0 amide bonds. The fourth-order valence-corrected chi connectivity index (χ4v) is 2.54. The zero-order chi connectivity index (χ0) is 14.7. The quantitative estimate of drug-likeness (QED) is 0.854. The molecule has 2 N–H and O–H groups in total. The summed E-state index contributed by atoms with van der Waals surface area (Å²) >= 11 is 8.40. The molecule has 5 heteroatoms. The van der Waals surface area contributed by atoms with Crippen molar-refractivity contribution >= 4 is 33.1 Å². The number of halogens is 1. The van der Waals surface area contributed by atoms with E-state index < -0.39 is 0 Å². The molecule has 104 valence electrons. The van der Waals surface area contributed by atoms with Gasteiger partial charge in [-0.3, -0.25) is 4.98 Å². The molecule has 0 saturated carbocycles. The van der Waals surface area contributed by atoms with Gasteiger partial charge >= 0.3 is 0 Å². The predicted octanol–water partition coefficient (Wildman–Crippen LogP) is 3.67. The van der Waals surface area contributed by atoms with Crippen molar-refractivity contribution in [2.45, 2.75) is 20.5 Å². The number of hydrogen-bond acceptors (Lipinski definition) is 3. The maximum atomic E-state index is 5.90. The van der Waals surface area contributed by atoms with Gasteiger partial charge in [-0.25, -0.2) is 0 Å². The van der Waals surface area contributed by atoms with Gasteiger partial charge in [-0.15, -0.1) is 0 Å².